The van der Waals surface area contributed by atoms with Crippen molar-refractivity contribution in [3.05, 3.63) is 54.5 Å². The second kappa shape index (κ2) is 8.94. The molecule has 1 fully saturated rings. The number of aryl methyl sites for hydroxylation is 1. The van der Waals surface area contributed by atoms with E-state index in [0.29, 0.717) is 12.5 Å². The third-order valence-electron chi connectivity index (χ3n) is 5.85. The third-order valence-corrected chi connectivity index (χ3v) is 5.85. The van der Waals surface area contributed by atoms with Gasteiger partial charge in [-0.15, -0.1) is 0 Å². The normalized spacial score (nSPS) is 14.9. The molecule has 31 heavy (non-hydrogen) atoms. The van der Waals surface area contributed by atoms with Gasteiger partial charge in [0.05, 0.1) is 17.5 Å². The average molecular weight is 417 g/mol. The predicted octanol–water partition coefficient (Wildman–Crippen LogP) is 5.47. The van der Waals surface area contributed by atoms with Crippen LogP contribution in [0.3, 0.4) is 0 Å². The van der Waals surface area contributed by atoms with Crippen LogP contribution >= 0.6 is 0 Å². The van der Waals surface area contributed by atoms with Crippen LogP contribution in [0.1, 0.15) is 31.4 Å². The molecule has 2 aromatic heterocycles. The summed E-state index contributed by atoms with van der Waals surface area (Å²) in [6, 6.07) is 14.0. The highest BCUT2D eigenvalue weighted by atomic mass is 16.5. The summed E-state index contributed by atoms with van der Waals surface area (Å²) in [4.78, 5) is 14.6. The van der Waals surface area contributed by atoms with Crippen molar-refractivity contribution in [3.8, 4) is 17.4 Å². The van der Waals surface area contributed by atoms with E-state index < -0.39 is 0 Å². The highest BCUT2D eigenvalue weighted by molar-refractivity contribution is 5.85. The molecule has 6 nitrogen and oxygen atoms in total. The monoisotopic (exact) mass is 416 g/mol. The molecule has 0 bridgehead atoms. The van der Waals surface area contributed by atoms with Crippen molar-refractivity contribution >= 4 is 21.8 Å². The Bertz CT molecular complexity index is 1180. The summed E-state index contributed by atoms with van der Waals surface area (Å²) < 4.78 is 12.1. The number of likely N-dealkylation sites (tertiary alicyclic amines) is 1. The smallest absolute Gasteiger partial charge is 0.230 e. The Kier molecular flexibility index (Phi) is 5.71. The van der Waals surface area contributed by atoms with Crippen molar-refractivity contribution in [2.45, 2.75) is 32.6 Å². The van der Waals surface area contributed by atoms with Gasteiger partial charge in [-0.05, 0) is 75.7 Å². The second-order valence-electron chi connectivity index (χ2n) is 8.27. The molecule has 2 aromatic carbocycles. The molecule has 5 rings (SSSR count). The molecule has 0 spiro atoms. The largest absolute Gasteiger partial charge is 0.493 e. The van der Waals surface area contributed by atoms with E-state index in [2.05, 4.69) is 25.9 Å². The summed E-state index contributed by atoms with van der Waals surface area (Å²) in [6.45, 7) is 6.33. The van der Waals surface area contributed by atoms with E-state index in [1.165, 1.54) is 38.7 Å². The van der Waals surface area contributed by atoms with Crippen LogP contribution in [0.4, 0.5) is 0 Å². The highest BCUT2D eigenvalue weighted by Crippen LogP contribution is 2.30. The number of fused-ring (bicyclic) bond motifs is 2. The first-order chi connectivity index (χ1) is 15.2. The summed E-state index contributed by atoms with van der Waals surface area (Å²) >= 11 is 0. The van der Waals surface area contributed by atoms with Gasteiger partial charge >= 0.3 is 0 Å². The van der Waals surface area contributed by atoms with Gasteiger partial charge < -0.3 is 19.4 Å². The lowest BCUT2D eigenvalue weighted by Gasteiger charge is -2.26. The Morgan fingerprint density at radius 2 is 1.84 bits per heavy atom. The topological polar surface area (TPSA) is 63.3 Å². The molecule has 0 radical (unpaired) electrons. The predicted molar refractivity (Wildman–Crippen MR) is 123 cm³/mol. The summed E-state index contributed by atoms with van der Waals surface area (Å²) in [5.74, 6) is 2.14. The summed E-state index contributed by atoms with van der Waals surface area (Å²) in [6.07, 6.45) is 6.61. The Morgan fingerprint density at radius 1 is 0.968 bits per heavy atom. The lowest BCUT2D eigenvalue weighted by atomic mass is 10.1. The van der Waals surface area contributed by atoms with Crippen LogP contribution in [0.5, 0.6) is 17.4 Å². The maximum Gasteiger partial charge on any atom is 0.230 e. The van der Waals surface area contributed by atoms with E-state index in [1.807, 2.05) is 43.3 Å². The Morgan fingerprint density at radius 3 is 2.74 bits per heavy atom. The van der Waals surface area contributed by atoms with Crippen LogP contribution < -0.4 is 9.47 Å². The van der Waals surface area contributed by atoms with Crippen molar-refractivity contribution in [2.75, 3.05) is 26.2 Å². The van der Waals surface area contributed by atoms with Crippen LogP contribution in [-0.2, 0) is 0 Å². The standard InChI is InChI=1S/C25H28N4O2/c1-18-14-19-15-21(7-9-23(19)28-18)31-25-22-8-6-20(16-24(22)26-17-27-25)30-13-5-12-29-10-3-2-4-11-29/h6-9,14-17,28H,2-5,10-13H2,1H3. The van der Waals surface area contributed by atoms with E-state index in [-0.39, 0.29) is 0 Å². The van der Waals surface area contributed by atoms with E-state index in [9.17, 15) is 0 Å². The first kappa shape index (κ1) is 19.8. The molecule has 1 saturated heterocycles. The number of hydrogen-bond acceptors (Lipinski definition) is 5. The molecule has 6 heteroatoms. The maximum absolute atomic E-state index is 6.10. The SMILES string of the molecule is Cc1cc2cc(Oc3ncnc4cc(OCCCN5CCCCC5)ccc34)ccc2[nH]1. The van der Waals surface area contributed by atoms with E-state index >= 15 is 0 Å². The minimum absolute atomic E-state index is 0.549. The summed E-state index contributed by atoms with van der Waals surface area (Å²) in [5.41, 5.74) is 3.04. The zero-order valence-corrected chi connectivity index (χ0v) is 17.9. The van der Waals surface area contributed by atoms with Crippen LogP contribution in [0.25, 0.3) is 21.8 Å². The van der Waals surface area contributed by atoms with Gasteiger partial charge in [-0.25, -0.2) is 9.97 Å². The lowest BCUT2D eigenvalue weighted by Crippen LogP contribution is -2.31. The van der Waals surface area contributed by atoms with E-state index in [4.69, 9.17) is 9.47 Å². The van der Waals surface area contributed by atoms with Gasteiger partial charge in [0, 0.05) is 29.2 Å². The number of ether oxygens (including phenoxy) is 2. The zero-order valence-electron chi connectivity index (χ0n) is 17.9. The molecule has 1 aliphatic rings. The number of aromatic nitrogens is 3. The number of H-pyrrole nitrogens is 1. The Labute approximate surface area is 182 Å². The molecule has 4 aromatic rings. The maximum atomic E-state index is 6.10. The molecule has 160 valence electrons. The first-order valence-electron chi connectivity index (χ1n) is 11.1. The molecular formula is C25H28N4O2. The van der Waals surface area contributed by atoms with Gasteiger partial charge in [0.1, 0.15) is 17.8 Å². The van der Waals surface area contributed by atoms with Crippen LogP contribution in [0, 0.1) is 6.92 Å². The number of hydrogen-bond donors (Lipinski definition) is 1. The van der Waals surface area contributed by atoms with E-state index in [0.717, 1.165) is 52.0 Å². The number of nitrogens with one attached hydrogen (secondary N) is 1. The average Bonchev–Trinajstić information content (AvgIpc) is 3.17. The minimum atomic E-state index is 0.549. The molecule has 1 aliphatic heterocycles. The molecule has 3 heterocycles. The molecule has 0 unspecified atom stereocenters. The van der Waals surface area contributed by atoms with Gasteiger partial charge in [0.15, 0.2) is 0 Å². The molecular weight excluding hydrogens is 388 g/mol. The van der Waals surface area contributed by atoms with Crippen molar-refractivity contribution in [3.63, 3.8) is 0 Å². The molecule has 0 atom stereocenters. The fourth-order valence-corrected chi connectivity index (χ4v) is 4.28. The minimum Gasteiger partial charge on any atom is -0.493 e. The Balaban J connectivity index is 1.25. The summed E-state index contributed by atoms with van der Waals surface area (Å²) in [5, 5.41) is 1.99. The van der Waals surface area contributed by atoms with Gasteiger partial charge in [-0.3, -0.25) is 0 Å². The number of benzene rings is 2. The first-order valence-corrected chi connectivity index (χ1v) is 11.1. The van der Waals surface area contributed by atoms with Crippen molar-refractivity contribution in [1.82, 2.24) is 19.9 Å². The quantitative estimate of drug-likeness (QED) is 0.405. The van der Waals surface area contributed by atoms with Gasteiger partial charge in [0.25, 0.3) is 0 Å². The lowest BCUT2D eigenvalue weighted by molar-refractivity contribution is 0.205. The van der Waals surface area contributed by atoms with Crippen molar-refractivity contribution < 1.29 is 9.47 Å². The molecule has 0 aliphatic carbocycles. The molecule has 0 amide bonds. The Hall–Kier alpha value is -3.12. The molecule has 0 saturated carbocycles. The highest BCUT2D eigenvalue weighted by Gasteiger charge is 2.11. The van der Waals surface area contributed by atoms with Crippen LogP contribution in [0.15, 0.2) is 48.8 Å². The third kappa shape index (κ3) is 4.64. The van der Waals surface area contributed by atoms with E-state index in [1.54, 1.807) is 0 Å². The second-order valence-corrected chi connectivity index (χ2v) is 8.27. The number of rotatable bonds is 7. The van der Waals surface area contributed by atoms with Gasteiger partial charge in [-0.2, -0.15) is 0 Å². The van der Waals surface area contributed by atoms with Crippen LogP contribution in [-0.4, -0.2) is 46.1 Å². The van der Waals surface area contributed by atoms with Crippen LogP contribution in [0.2, 0.25) is 0 Å². The summed E-state index contributed by atoms with van der Waals surface area (Å²) in [7, 11) is 0. The van der Waals surface area contributed by atoms with Crippen molar-refractivity contribution in [1.29, 1.82) is 0 Å². The fourth-order valence-electron chi connectivity index (χ4n) is 4.28. The van der Waals surface area contributed by atoms with Gasteiger partial charge in [-0.1, -0.05) is 6.42 Å². The van der Waals surface area contributed by atoms with Crippen molar-refractivity contribution in [2.24, 2.45) is 0 Å². The number of piperidine rings is 1. The fraction of sp³-hybridized carbons (Fsp3) is 0.360. The molecule has 1 N–H and O–H groups in total. The van der Waals surface area contributed by atoms with Gasteiger partial charge in [0.2, 0.25) is 5.88 Å². The number of aromatic amines is 1. The number of nitrogens with zero attached hydrogens (tertiary/aromatic N) is 3. The zero-order chi connectivity index (χ0) is 21.0.